The largest absolute Gasteiger partial charge is 0.386 e. The lowest BCUT2D eigenvalue weighted by atomic mass is 9.97. The summed E-state index contributed by atoms with van der Waals surface area (Å²) in [5, 5.41) is 10.1. The number of nitrogens with zero attached hydrogens (tertiary/aromatic N) is 1. The van der Waals surface area contributed by atoms with Gasteiger partial charge in [0.05, 0.1) is 18.6 Å². The summed E-state index contributed by atoms with van der Waals surface area (Å²) in [4.78, 5) is 6.14. The normalized spacial score (nSPS) is 29.6. The Morgan fingerprint density at radius 3 is 3.06 bits per heavy atom. The van der Waals surface area contributed by atoms with Crippen molar-refractivity contribution in [1.29, 1.82) is 0 Å². The van der Waals surface area contributed by atoms with Gasteiger partial charge in [-0.2, -0.15) is 0 Å². The van der Waals surface area contributed by atoms with Crippen molar-refractivity contribution in [3.8, 4) is 0 Å². The zero-order chi connectivity index (χ0) is 12.5. The molecule has 2 heterocycles. The molecule has 0 amide bonds. The van der Waals surface area contributed by atoms with Crippen molar-refractivity contribution in [2.75, 3.05) is 13.2 Å². The fraction of sp³-hybridized carbons (Fsp3) is 0.667. The van der Waals surface area contributed by atoms with Crippen LogP contribution in [0.1, 0.15) is 13.3 Å². The van der Waals surface area contributed by atoms with Gasteiger partial charge in [0.1, 0.15) is 5.60 Å². The number of hydrogen-bond donors (Lipinski definition) is 3. The molecule has 2 rings (SSSR count). The lowest BCUT2D eigenvalue weighted by Gasteiger charge is -2.25. The van der Waals surface area contributed by atoms with Crippen molar-refractivity contribution in [3.05, 3.63) is 12.5 Å². The van der Waals surface area contributed by atoms with E-state index in [4.69, 9.17) is 4.74 Å². The first-order chi connectivity index (χ1) is 7.94. The predicted molar refractivity (Wildman–Crippen MR) is 58.8 cm³/mol. The molecule has 1 saturated heterocycles. The van der Waals surface area contributed by atoms with Crippen LogP contribution in [0, 0.1) is 0 Å². The van der Waals surface area contributed by atoms with Crippen molar-refractivity contribution in [3.63, 3.8) is 0 Å². The number of aliphatic hydroxyl groups is 1. The van der Waals surface area contributed by atoms with E-state index in [0.717, 1.165) is 0 Å². The number of ether oxygens (including phenoxy) is 1. The van der Waals surface area contributed by atoms with Gasteiger partial charge >= 0.3 is 0 Å². The second-order valence-corrected chi connectivity index (χ2v) is 5.84. The molecule has 0 aliphatic carbocycles. The minimum Gasteiger partial charge on any atom is -0.386 e. The van der Waals surface area contributed by atoms with Gasteiger partial charge in [0.2, 0.25) is 0 Å². The first kappa shape index (κ1) is 12.5. The Kier molecular flexibility index (Phi) is 3.21. The summed E-state index contributed by atoms with van der Waals surface area (Å²) < 4.78 is 31.1. The molecule has 17 heavy (non-hydrogen) atoms. The van der Waals surface area contributed by atoms with Gasteiger partial charge in [-0.1, -0.05) is 0 Å². The molecule has 1 aromatic rings. The van der Waals surface area contributed by atoms with E-state index < -0.39 is 15.6 Å². The van der Waals surface area contributed by atoms with Gasteiger partial charge in [-0.05, 0) is 6.92 Å². The highest BCUT2D eigenvalue weighted by atomic mass is 32.2. The summed E-state index contributed by atoms with van der Waals surface area (Å²) in [6, 6.07) is 0. The van der Waals surface area contributed by atoms with Gasteiger partial charge in [-0.15, -0.1) is 0 Å². The number of hydrogen-bond acceptors (Lipinski definition) is 5. The maximum atomic E-state index is 11.8. The Labute approximate surface area is 99.3 Å². The number of imidazole rings is 1. The van der Waals surface area contributed by atoms with Crippen molar-refractivity contribution >= 4 is 10.0 Å². The molecule has 1 aromatic heterocycles. The maximum Gasteiger partial charge on any atom is 0.257 e. The fourth-order valence-electron chi connectivity index (χ4n) is 1.69. The van der Waals surface area contributed by atoms with Crippen molar-refractivity contribution < 1.29 is 18.3 Å². The Balaban J connectivity index is 2.03. The van der Waals surface area contributed by atoms with Gasteiger partial charge in [0.15, 0.2) is 5.03 Å². The van der Waals surface area contributed by atoms with E-state index in [1.165, 1.54) is 12.5 Å². The minimum atomic E-state index is -3.65. The van der Waals surface area contributed by atoms with Crippen LogP contribution >= 0.6 is 0 Å². The minimum absolute atomic E-state index is 0.0207. The molecular weight excluding hydrogens is 246 g/mol. The number of aromatic nitrogens is 2. The Bertz CT molecular complexity index is 472. The average Bonchev–Trinajstić information content (AvgIpc) is 2.88. The van der Waals surface area contributed by atoms with E-state index >= 15 is 0 Å². The topological polar surface area (TPSA) is 104 Å². The SMILES string of the molecule is CC1OCCC1(O)CNS(=O)(=O)c1cnc[nH]1. The Morgan fingerprint density at radius 2 is 2.53 bits per heavy atom. The molecule has 0 spiro atoms. The summed E-state index contributed by atoms with van der Waals surface area (Å²) in [6.45, 7) is 2.08. The first-order valence-electron chi connectivity index (χ1n) is 5.26. The van der Waals surface area contributed by atoms with Crippen LogP contribution in [0.4, 0.5) is 0 Å². The lowest BCUT2D eigenvalue weighted by Crippen LogP contribution is -2.47. The third-order valence-electron chi connectivity index (χ3n) is 2.99. The number of nitrogens with one attached hydrogen (secondary N) is 2. The molecule has 2 unspecified atom stereocenters. The van der Waals surface area contributed by atoms with E-state index in [1.54, 1.807) is 6.92 Å². The highest BCUT2D eigenvalue weighted by Crippen LogP contribution is 2.25. The predicted octanol–water partition coefficient (Wildman–Crippen LogP) is -0.772. The molecule has 8 heteroatoms. The monoisotopic (exact) mass is 261 g/mol. The molecule has 1 aliphatic rings. The van der Waals surface area contributed by atoms with E-state index in [1.807, 2.05) is 0 Å². The van der Waals surface area contributed by atoms with Gasteiger partial charge in [0, 0.05) is 19.6 Å². The molecular formula is C9H15N3O4S. The fourth-order valence-corrected chi connectivity index (χ4v) is 2.69. The zero-order valence-electron chi connectivity index (χ0n) is 9.38. The van der Waals surface area contributed by atoms with E-state index in [0.29, 0.717) is 13.0 Å². The van der Waals surface area contributed by atoms with E-state index in [9.17, 15) is 13.5 Å². The molecule has 3 N–H and O–H groups in total. The molecule has 1 aliphatic heterocycles. The lowest BCUT2D eigenvalue weighted by molar-refractivity contribution is -0.0228. The number of sulfonamides is 1. The summed E-state index contributed by atoms with van der Waals surface area (Å²) in [5.74, 6) is 0. The van der Waals surface area contributed by atoms with Gasteiger partial charge in [0.25, 0.3) is 10.0 Å². The van der Waals surface area contributed by atoms with Crippen molar-refractivity contribution in [1.82, 2.24) is 14.7 Å². The quantitative estimate of drug-likeness (QED) is 0.660. The second-order valence-electron chi connectivity index (χ2n) is 4.11. The second kappa shape index (κ2) is 4.37. The molecule has 0 radical (unpaired) electrons. The molecule has 7 nitrogen and oxygen atoms in total. The van der Waals surface area contributed by atoms with Crippen LogP contribution < -0.4 is 4.72 Å². The van der Waals surface area contributed by atoms with E-state index in [-0.39, 0.29) is 17.7 Å². The molecule has 1 fully saturated rings. The Morgan fingerprint density at radius 1 is 1.76 bits per heavy atom. The summed E-state index contributed by atoms with van der Waals surface area (Å²) in [7, 11) is -3.65. The summed E-state index contributed by atoms with van der Waals surface area (Å²) in [6.07, 6.45) is 2.53. The van der Waals surface area contributed by atoms with Crippen LogP contribution in [0.25, 0.3) is 0 Å². The van der Waals surface area contributed by atoms with E-state index in [2.05, 4.69) is 14.7 Å². The highest BCUT2D eigenvalue weighted by Gasteiger charge is 2.40. The molecule has 0 bridgehead atoms. The first-order valence-corrected chi connectivity index (χ1v) is 6.74. The standard InChI is InChI=1S/C9H15N3O4S/c1-7-9(13,2-3-16-7)5-12-17(14,15)8-4-10-6-11-8/h4,6-7,12-13H,2-3,5H2,1H3,(H,10,11). The van der Waals surface area contributed by atoms with Crippen LogP contribution in [0.3, 0.4) is 0 Å². The smallest absolute Gasteiger partial charge is 0.257 e. The number of H-pyrrole nitrogens is 1. The molecule has 96 valence electrons. The van der Waals surface area contributed by atoms with Crippen LogP contribution in [0.15, 0.2) is 17.6 Å². The summed E-state index contributed by atoms with van der Waals surface area (Å²) >= 11 is 0. The van der Waals surface area contributed by atoms with Crippen molar-refractivity contribution in [2.45, 2.75) is 30.1 Å². The van der Waals surface area contributed by atoms with Crippen molar-refractivity contribution in [2.24, 2.45) is 0 Å². The molecule has 0 saturated carbocycles. The van der Waals surface area contributed by atoms with Crippen LogP contribution in [-0.2, 0) is 14.8 Å². The van der Waals surface area contributed by atoms with Crippen LogP contribution in [0.5, 0.6) is 0 Å². The van der Waals surface area contributed by atoms with Gasteiger partial charge in [-0.3, -0.25) is 0 Å². The molecule has 2 atom stereocenters. The number of rotatable bonds is 4. The molecule has 0 aromatic carbocycles. The van der Waals surface area contributed by atoms with Gasteiger partial charge in [-0.25, -0.2) is 18.1 Å². The third-order valence-corrected chi connectivity index (χ3v) is 4.32. The number of aromatic amines is 1. The van der Waals surface area contributed by atoms with Crippen LogP contribution in [0.2, 0.25) is 0 Å². The average molecular weight is 261 g/mol. The zero-order valence-corrected chi connectivity index (χ0v) is 10.2. The third kappa shape index (κ3) is 2.49. The van der Waals surface area contributed by atoms with Crippen LogP contribution in [-0.4, -0.2) is 48.3 Å². The maximum absolute atomic E-state index is 11.8. The Hall–Kier alpha value is -0.960. The van der Waals surface area contributed by atoms with Gasteiger partial charge < -0.3 is 14.8 Å². The highest BCUT2D eigenvalue weighted by molar-refractivity contribution is 7.89. The summed E-state index contributed by atoms with van der Waals surface area (Å²) in [5.41, 5.74) is -1.15.